The molecule has 2 aromatic rings. The van der Waals surface area contributed by atoms with Crippen molar-refractivity contribution < 1.29 is 4.79 Å². The van der Waals surface area contributed by atoms with Crippen LogP contribution in [0.5, 0.6) is 0 Å². The molecule has 1 aliphatic carbocycles. The van der Waals surface area contributed by atoms with Crippen LogP contribution in [0, 0.1) is 6.92 Å². The zero-order chi connectivity index (χ0) is 17.1. The first kappa shape index (κ1) is 17.7. The Morgan fingerprint density at radius 3 is 2.92 bits per heavy atom. The third kappa shape index (κ3) is 3.91. The quantitative estimate of drug-likeness (QED) is 0.615. The first-order chi connectivity index (χ1) is 11.6. The number of carbonyl (C=O) groups excluding carboxylic acids is 1. The Hall–Kier alpha value is -1.14. The number of rotatable bonds is 6. The van der Waals surface area contributed by atoms with Crippen molar-refractivity contribution in [2.75, 3.05) is 5.75 Å². The van der Waals surface area contributed by atoms with Crippen LogP contribution in [-0.2, 0) is 17.6 Å². The molecule has 0 bridgehead atoms. The van der Waals surface area contributed by atoms with Gasteiger partial charge in [0, 0.05) is 16.3 Å². The average Bonchev–Trinajstić information content (AvgIpc) is 2.90. The van der Waals surface area contributed by atoms with Crippen LogP contribution >= 0.6 is 23.1 Å². The summed E-state index contributed by atoms with van der Waals surface area (Å²) in [4.78, 5) is 24.0. The normalized spacial score (nSPS) is 15.3. The van der Waals surface area contributed by atoms with Gasteiger partial charge in [-0.2, -0.15) is 0 Å². The Bertz CT molecular complexity index is 741. The number of nitrogens with zero attached hydrogens (tertiary/aromatic N) is 2. The number of carbonyl (C=O) groups is 1. The maximum absolute atomic E-state index is 12.2. The lowest BCUT2D eigenvalue weighted by atomic mass is 9.97. The van der Waals surface area contributed by atoms with Crippen LogP contribution in [0.4, 0.5) is 0 Å². The van der Waals surface area contributed by atoms with Gasteiger partial charge in [0.1, 0.15) is 15.7 Å². The number of thioether (sulfide) groups is 1. The van der Waals surface area contributed by atoms with Gasteiger partial charge in [0.05, 0.1) is 5.75 Å². The van der Waals surface area contributed by atoms with Crippen molar-refractivity contribution in [2.45, 2.75) is 70.4 Å². The summed E-state index contributed by atoms with van der Waals surface area (Å²) < 4.78 is 0. The number of hydrogen-bond donors (Lipinski definition) is 1. The number of aryl methyl sites for hydroxylation is 3. The van der Waals surface area contributed by atoms with Gasteiger partial charge in [-0.25, -0.2) is 9.97 Å². The van der Waals surface area contributed by atoms with Crippen LogP contribution in [0.1, 0.15) is 55.8 Å². The summed E-state index contributed by atoms with van der Waals surface area (Å²) in [6.07, 6.45) is 6.90. The van der Waals surface area contributed by atoms with E-state index < -0.39 is 0 Å². The van der Waals surface area contributed by atoms with Crippen LogP contribution in [0.25, 0.3) is 10.2 Å². The molecular formula is C18H25N3OS2. The smallest absolute Gasteiger partial charge is 0.230 e. The van der Waals surface area contributed by atoms with Crippen LogP contribution in [0.2, 0.25) is 0 Å². The highest BCUT2D eigenvalue weighted by Crippen LogP contribution is 2.39. The van der Waals surface area contributed by atoms with Gasteiger partial charge in [0.15, 0.2) is 0 Å². The van der Waals surface area contributed by atoms with Crippen LogP contribution in [0.15, 0.2) is 5.03 Å². The highest BCUT2D eigenvalue weighted by molar-refractivity contribution is 8.00. The van der Waals surface area contributed by atoms with E-state index in [1.54, 1.807) is 11.8 Å². The zero-order valence-corrected chi connectivity index (χ0v) is 16.3. The zero-order valence-electron chi connectivity index (χ0n) is 14.6. The monoisotopic (exact) mass is 363 g/mol. The maximum Gasteiger partial charge on any atom is 0.230 e. The van der Waals surface area contributed by atoms with Gasteiger partial charge in [0.25, 0.3) is 0 Å². The molecule has 1 atom stereocenters. The van der Waals surface area contributed by atoms with Crippen molar-refractivity contribution in [3.8, 4) is 0 Å². The van der Waals surface area contributed by atoms with E-state index in [0.29, 0.717) is 5.75 Å². The molecular weight excluding hydrogens is 338 g/mol. The Labute approximate surface area is 151 Å². The van der Waals surface area contributed by atoms with Gasteiger partial charge < -0.3 is 5.32 Å². The molecule has 1 aliphatic rings. The summed E-state index contributed by atoms with van der Waals surface area (Å²) in [6, 6.07) is 0.240. The third-order valence-electron chi connectivity index (χ3n) is 4.36. The van der Waals surface area contributed by atoms with Crippen molar-refractivity contribution in [2.24, 2.45) is 0 Å². The second-order valence-electron chi connectivity index (χ2n) is 6.51. The third-order valence-corrected chi connectivity index (χ3v) is 6.52. The SMILES string of the molecule is CCC[C@@H](C)NC(=O)CSc1nc(C)nc2sc3c(c12)CCCC3. The number of nitrogens with one attached hydrogen (secondary N) is 1. The molecule has 0 saturated heterocycles. The van der Waals surface area contributed by atoms with E-state index in [4.69, 9.17) is 0 Å². The molecule has 24 heavy (non-hydrogen) atoms. The Kier molecular flexibility index (Phi) is 5.76. The minimum atomic E-state index is 0.0921. The molecule has 1 N–H and O–H groups in total. The fraction of sp³-hybridized carbons (Fsp3) is 0.611. The van der Waals surface area contributed by atoms with Crippen molar-refractivity contribution in [3.63, 3.8) is 0 Å². The molecule has 0 saturated carbocycles. The lowest BCUT2D eigenvalue weighted by Crippen LogP contribution is -2.33. The average molecular weight is 364 g/mol. The second kappa shape index (κ2) is 7.83. The Morgan fingerprint density at radius 2 is 2.12 bits per heavy atom. The fourth-order valence-electron chi connectivity index (χ4n) is 3.29. The molecule has 2 heterocycles. The van der Waals surface area contributed by atoms with Crippen molar-refractivity contribution in [1.82, 2.24) is 15.3 Å². The van der Waals surface area contributed by atoms with E-state index in [0.717, 1.165) is 41.4 Å². The minimum absolute atomic E-state index is 0.0921. The van der Waals surface area contributed by atoms with E-state index in [9.17, 15) is 4.79 Å². The van der Waals surface area contributed by atoms with Crippen LogP contribution in [0.3, 0.4) is 0 Å². The molecule has 0 unspecified atom stereocenters. The van der Waals surface area contributed by atoms with E-state index in [2.05, 4.69) is 29.1 Å². The molecule has 0 fully saturated rings. The van der Waals surface area contributed by atoms with Crippen LogP contribution < -0.4 is 5.32 Å². The first-order valence-electron chi connectivity index (χ1n) is 8.79. The van der Waals surface area contributed by atoms with Gasteiger partial charge in [-0.05, 0) is 51.5 Å². The standard InChI is InChI=1S/C18H25N3OS2/c1-4-7-11(2)19-15(22)10-23-17-16-13-8-5-6-9-14(13)24-18(16)21-12(3)20-17/h11H,4-10H2,1-3H3,(H,19,22)/t11-/m1/s1. The topological polar surface area (TPSA) is 54.9 Å². The number of aromatic nitrogens is 2. The fourth-order valence-corrected chi connectivity index (χ4v) is 5.57. The molecule has 6 heteroatoms. The molecule has 0 spiro atoms. The highest BCUT2D eigenvalue weighted by Gasteiger charge is 2.21. The summed E-state index contributed by atoms with van der Waals surface area (Å²) in [5.74, 6) is 1.31. The number of amides is 1. The number of fused-ring (bicyclic) bond motifs is 3. The van der Waals surface area contributed by atoms with Crippen molar-refractivity contribution >= 4 is 39.2 Å². The molecule has 130 valence electrons. The summed E-state index contributed by atoms with van der Waals surface area (Å²) in [5.41, 5.74) is 1.43. The molecule has 4 nitrogen and oxygen atoms in total. The van der Waals surface area contributed by atoms with Gasteiger partial charge in [0.2, 0.25) is 5.91 Å². The predicted molar refractivity (Wildman–Crippen MR) is 102 cm³/mol. The summed E-state index contributed by atoms with van der Waals surface area (Å²) >= 11 is 3.37. The summed E-state index contributed by atoms with van der Waals surface area (Å²) in [7, 11) is 0. The van der Waals surface area contributed by atoms with Gasteiger partial charge >= 0.3 is 0 Å². The van der Waals surface area contributed by atoms with Gasteiger partial charge in [-0.3, -0.25) is 4.79 Å². The van der Waals surface area contributed by atoms with Crippen molar-refractivity contribution in [3.05, 3.63) is 16.3 Å². The molecule has 0 radical (unpaired) electrons. The molecule has 0 aromatic carbocycles. The minimum Gasteiger partial charge on any atom is -0.353 e. The lowest BCUT2D eigenvalue weighted by molar-refractivity contribution is -0.119. The Balaban J connectivity index is 1.79. The first-order valence-corrected chi connectivity index (χ1v) is 10.6. The van der Waals surface area contributed by atoms with E-state index >= 15 is 0 Å². The second-order valence-corrected chi connectivity index (χ2v) is 8.56. The van der Waals surface area contributed by atoms with Crippen molar-refractivity contribution in [1.29, 1.82) is 0 Å². The van der Waals surface area contributed by atoms with Crippen LogP contribution in [-0.4, -0.2) is 27.7 Å². The molecule has 0 aliphatic heterocycles. The number of thiophene rings is 1. The lowest BCUT2D eigenvalue weighted by Gasteiger charge is -2.13. The van der Waals surface area contributed by atoms with Gasteiger partial charge in [-0.15, -0.1) is 11.3 Å². The summed E-state index contributed by atoms with van der Waals surface area (Å²) in [6.45, 7) is 6.14. The highest BCUT2D eigenvalue weighted by atomic mass is 32.2. The molecule has 3 rings (SSSR count). The maximum atomic E-state index is 12.2. The Morgan fingerprint density at radius 1 is 1.33 bits per heavy atom. The predicted octanol–water partition coefficient (Wildman–Crippen LogP) is 4.28. The molecule has 2 aromatic heterocycles. The van der Waals surface area contributed by atoms with E-state index in [1.807, 2.05) is 18.3 Å². The summed E-state index contributed by atoms with van der Waals surface area (Å²) in [5, 5.41) is 5.26. The largest absolute Gasteiger partial charge is 0.353 e. The number of hydrogen-bond acceptors (Lipinski definition) is 5. The van der Waals surface area contributed by atoms with E-state index in [-0.39, 0.29) is 11.9 Å². The van der Waals surface area contributed by atoms with E-state index in [1.165, 1.54) is 28.7 Å². The molecule has 1 amide bonds. The van der Waals surface area contributed by atoms with Gasteiger partial charge in [-0.1, -0.05) is 25.1 Å².